The van der Waals surface area contributed by atoms with E-state index < -0.39 is 23.2 Å². The molecule has 8 heteroatoms. The van der Waals surface area contributed by atoms with Crippen molar-refractivity contribution in [2.45, 2.75) is 30.7 Å². The minimum atomic E-state index is -0.811. The van der Waals surface area contributed by atoms with Crippen LogP contribution in [0.15, 0.2) is 47.5 Å². The van der Waals surface area contributed by atoms with Gasteiger partial charge in [-0.05, 0) is 5.56 Å². The normalized spacial score (nSPS) is 29.1. The van der Waals surface area contributed by atoms with Crippen LogP contribution in [0.3, 0.4) is 0 Å². The molecule has 1 aromatic carbocycles. The van der Waals surface area contributed by atoms with Crippen molar-refractivity contribution in [1.29, 1.82) is 0 Å². The highest BCUT2D eigenvalue weighted by atomic mass is 16.5. The molecule has 0 saturated carbocycles. The number of ether oxygens (including phenoxy) is 1. The highest BCUT2D eigenvalue weighted by Gasteiger charge is 2.65. The van der Waals surface area contributed by atoms with E-state index in [1.807, 2.05) is 35.2 Å². The van der Waals surface area contributed by atoms with Crippen LogP contribution in [-0.4, -0.2) is 56.5 Å². The van der Waals surface area contributed by atoms with Gasteiger partial charge in [0.1, 0.15) is 0 Å². The van der Waals surface area contributed by atoms with Crippen molar-refractivity contribution >= 4 is 11.8 Å². The van der Waals surface area contributed by atoms with E-state index in [0.717, 1.165) is 5.56 Å². The first-order valence-corrected chi connectivity index (χ1v) is 8.97. The summed E-state index contributed by atoms with van der Waals surface area (Å²) >= 11 is 0. The van der Waals surface area contributed by atoms with Crippen LogP contribution >= 0.6 is 0 Å². The molecule has 0 unspecified atom stereocenters. The topological polar surface area (TPSA) is 95.6 Å². The van der Waals surface area contributed by atoms with Gasteiger partial charge in [0.25, 0.3) is 11.5 Å². The molecule has 3 atom stereocenters. The summed E-state index contributed by atoms with van der Waals surface area (Å²) in [4.78, 5) is 47.5. The summed E-state index contributed by atoms with van der Waals surface area (Å²) in [6, 6.07) is 9.22. The maximum atomic E-state index is 12.9. The SMILES string of the molecule is O=C(c1ncc[nH]c1=O)N1CC[C@@]23OC[C@@H](c4ccccc4)N2C(=O)C[C@@H]13. The zero-order valence-electron chi connectivity index (χ0n) is 14.5. The lowest BCUT2D eigenvalue weighted by Crippen LogP contribution is -2.49. The molecule has 3 fully saturated rings. The van der Waals surface area contributed by atoms with E-state index in [1.54, 1.807) is 4.90 Å². The summed E-state index contributed by atoms with van der Waals surface area (Å²) in [7, 11) is 0. The second-order valence-corrected chi connectivity index (χ2v) is 7.08. The molecular formula is C19H18N4O4. The lowest BCUT2D eigenvalue weighted by Gasteiger charge is -2.33. The lowest BCUT2D eigenvalue weighted by molar-refractivity contribution is -0.138. The van der Waals surface area contributed by atoms with Gasteiger partial charge in [-0.3, -0.25) is 14.4 Å². The number of rotatable bonds is 2. The van der Waals surface area contributed by atoms with E-state index in [2.05, 4.69) is 9.97 Å². The van der Waals surface area contributed by atoms with Crippen LogP contribution in [0.2, 0.25) is 0 Å². The number of H-pyrrole nitrogens is 1. The monoisotopic (exact) mass is 366 g/mol. The molecule has 27 heavy (non-hydrogen) atoms. The molecule has 0 aliphatic carbocycles. The number of carbonyl (C=O) groups is 2. The predicted octanol–water partition coefficient (Wildman–Crippen LogP) is 0.684. The van der Waals surface area contributed by atoms with E-state index >= 15 is 0 Å². The van der Waals surface area contributed by atoms with Crippen molar-refractivity contribution in [2.75, 3.05) is 13.2 Å². The Balaban J connectivity index is 1.49. The molecule has 2 aromatic rings. The van der Waals surface area contributed by atoms with Crippen LogP contribution < -0.4 is 5.56 Å². The molecule has 138 valence electrons. The van der Waals surface area contributed by atoms with Crippen LogP contribution in [0, 0.1) is 0 Å². The molecule has 3 aliphatic heterocycles. The number of nitrogens with one attached hydrogen (secondary N) is 1. The number of hydrogen-bond acceptors (Lipinski definition) is 5. The summed E-state index contributed by atoms with van der Waals surface area (Å²) in [6.07, 6.45) is 3.49. The molecule has 0 radical (unpaired) electrons. The van der Waals surface area contributed by atoms with Gasteiger partial charge in [0.15, 0.2) is 11.4 Å². The molecule has 0 bridgehead atoms. The Bertz CT molecular complexity index is 975. The van der Waals surface area contributed by atoms with E-state index in [-0.39, 0.29) is 24.1 Å². The van der Waals surface area contributed by atoms with Gasteiger partial charge in [-0.1, -0.05) is 30.3 Å². The molecule has 1 N–H and O–H groups in total. The van der Waals surface area contributed by atoms with Crippen molar-refractivity contribution in [3.05, 3.63) is 64.3 Å². The Morgan fingerprint density at radius 2 is 2.07 bits per heavy atom. The van der Waals surface area contributed by atoms with Gasteiger partial charge in [0.05, 0.1) is 25.1 Å². The molecule has 1 aromatic heterocycles. The third-order valence-electron chi connectivity index (χ3n) is 5.81. The number of hydrogen-bond donors (Lipinski definition) is 1. The van der Waals surface area contributed by atoms with Crippen molar-refractivity contribution in [1.82, 2.24) is 19.8 Å². The molecule has 8 nitrogen and oxygen atoms in total. The number of nitrogens with zero attached hydrogens (tertiary/aromatic N) is 3. The van der Waals surface area contributed by atoms with Gasteiger partial charge in [-0.15, -0.1) is 0 Å². The van der Waals surface area contributed by atoms with Gasteiger partial charge >= 0.3 is 0 Å². The Hall–Kier alpha value is -3.00. The second-order valence-electron chi connectivity index (χ2n) is 7.08. The first-order chi connectivity index (χ1) is 13.1. The minimum absolute atomic E-state index is 0.0289. The largest absolute Gasteiger partial charge is 0.351 e. The van der Waals surface area contributed by atoms with E-state index in [0.29, 0.717) is 19.6 Å². The van der Waals surface area contributed by atoms with Gasteiger partial charge in [-0.25, -0.2) is 4.98 Å². The molecule has 3 aliphatic rings. The Kier molecular flexibility index (Phi) is 3.45. The Morgan fingerprint density at radius 3 is 2.85 bits per heavy atom. The van der Waals surface area contributed by atoms with E-state index in [1.165, 1.54) is 12.4 Å². The summed E-state index contributed by atoms with van der Waals surface area (Å²) in [5.41, 5.74) is -0.471. The molecule has 2 amide bonds. The average molecular weight is 366 g/mol. The third kappa shape index (κ3) is 2.19. The predicted molar refractivity (Wildman–Crippen MR) is 93.6 cm³/mol. The fraction of sp³-hybridized carbons (Fsp3) is 0.368. The maximum absolute atomic E-state index is 12.9. The van der Waals surface area contributed by atoms with Gasteiger partial charge < -0.3 is 19.5 Å². The van der Waals surface area contributed by atoms with Crippen molar-refractivity contribution < 1.29 is 14.3 Å². The van der Waals surface area contributed by atoms with Gasteiger partial charge in [-0.2, -0.15) is 0 Å². The average Bonchev–Trinajstić information content (AvgIpc) is 3.31. The van der Waals surface area contributed by atoms with Crippen molar-refractivity contribution in [2.24, 2.45) is 0 Å². The van der Waals surface area contributed by atoms with E-state index in [9.17, 15) is 14.4 Å². The van der Waals surface area contributed by atoms with Crippen LogP contribution in [-0.2, 0) is 9.53 Å². The molecule has 1 spiro atoms. The van der Waals surface area contributed by atoms with Crippen molar-refractivity contribution in [3.8, 4) is 0 Å². The number of aromatic nitrogens is 2. The summed E-state index contributed by atoms with van der Waals surface area (Å²) in [5.74, 6) is -0.487. The number of carbonyl (C=O) groups excluding carboxylic acids is 2. The minimum Gasteiger partial charge on any atom is -0.351 e. The quantitative estimate of drug-likeness (QED) is 0.843. The molecule has 4 heterocycles. The summed E-state index contributed by atoms with van der Waals surface area (Å²) in [5, 5.41) is 0. The van der Waals surface area contributed by atoms with Crippen LogP contribution in [0.25, 0.3) is 0 Å². The maximum Gasteiger partial charge on any atom is 0.279 e. The number of amides is 2. The standard InChI is InChI=1S/C19H18N4O4/c24-15-10-14-19(23(15)13(11-27-19)12-4-2-1-3-5-12)6-9-22(14)18(26)16-17(25)21-8-7-20-16/h1-5,7-8,13-14H,6,9-11H2,(H,21,25)/t13-,14+,19-/m0/s1. The van der Waals surface area contributed by atoms with E-state index in [4.69, 9.17) is 4.74 Å². The van der Waals surface area contributed by atoms with Gasteiger partial charge in [0.2, 0.25) is 5.91 Å². The highest BCUT2D eigenvalue weighted by Crippen LogP contribution is 2.51. The lowest BCUT2D eigenvalue weighted by atomic mass is 10.0. The Labute approximate surface area is 154 Å². The zero-order valence-corrected chi connectivity index (χ0v) is 14.5. The summed E-state index contributed by atoms with van der Waals surface area (Å²) < 4.78 is 6.18. The molecule has 5 rings (SSSR count). The second kappa shape index (κ2) is 5.75. The van der Waals surface area contributed by atoms with Crippen LogP contribution in [0.4, 0.5) is 0 Å². The Morgan fingerprint density at radius 1 is 1.26 bits per heavy atom. The molecular weight excluding hydrogens is 348 g/mol. The molecule has 3 saturated heterocycles. The van der Waals surface area contributed by atoms with Crippen LogP contribution in [0.1, 0.15) is 34.9 Å². The number of benzene rings is 1. The summed E-state index contributed by atoms with van der Waals surface area (Å²) in [6.45, 7) is 0.823. The van der Waals surface area contributed by atoms with Crippen molar-refractivity contribution in [3.63, 3.8) is 0 Å². The van der Waals surface area contributed by atoms with Gasteiger partial charge in [0, 0.05) is 25.4 Å². The third-order valence-corrected chi connectivity index (χ3v) is 5.81. The fourth-order valence-electron chi connectivity index (χ4n) is 4.65. The highest BCUT2D eigenvalue weighted by molar-refractivity contribution is 5.94. The number of likely N-dealkylation sites (tertiary alicyclic amines) is 1. The first kappa shape index (κ1) is 16.2. The smallest absolute Gasteiger partial charge is 0.279 e. The first-order valence-electron chi connectivity index (χ1n) is 8.97. The van der Waals surface area contributed by atoms with Crippen LogP contribution in [0.5, 0.6) is 0 Å². The zero-order chi connectivity index (χ0) is 18.6. The fourth-order valence-corrected chi connectivity index (χ4v) is 4.65. The number of aromatic amines is 1.